The summed E-state index contributed by atoms with van der Waals surface area (Å²) in [6, 6.07) is 6.19. The Kier molecular flexibility index (Phi) is 3.88. The lowest BCUT2D eigenvalue weighted by molar-refractivity contribution is -0.117. The van der Waals surface area contributed by atoms with Gasteiger partial charge in [0.25, 0.3) is 0 Å². The molecular formula is C17H19N3O2S. The molecule has 1 fully saturated rings. The zero-order valence-electron chi connectivity index (χ0n) is 12.7. The highest BCUT2D eigenvalue weighted by Crippen LogP contribution is 2.30. The minimum absolute atomic E-state index is 0.128. The Labute approximate surface area is 138 Å². The quantitative estimate of drug-likeness (QED) is 0.805. The summed E-state index contributed by atoms with van der Waals surface area (Å²) in [6.45, 7) is 0.469. The van der Waals surface area contributed by atoms with E-state index in [0.717, 1.165) is 17.7 Å². The molecule has 3 N–H and O–H groups in total. The number of carbonyl (C=O) groups is 1. The fraction of sp³-hybridized carbons (Fsp3) is 0.412. The second kappa shape index (κ2) is 6.03. The van der Waals surface area contributed by atoms with Crippen LogP contribution in [0.5, 0.6) is 0 Å². The number of nitrogens with one attached hydrogen (secondary N) is 2. The summed E-state index contributed by atoms with van der Waals surface area (Å²) in [5, 5.41) is 17.9. The van der Waals surface area contributed by atoms with Gasteiger partial charge in [-0.1, -0.05) is 12.1 Å². The fourth-order valence-electron chi connectivity index (χ4n) is 3.30. The van der Waals surface area contributed by atoms with Gasteiger partial charge in [0, 0.05) is 17.5 Å². The van der Waals surface area contributed by atoms with Crippen molar-refractivity contribution in [2.24, 2.45) is 0 Å². The van der Waals surface area contributed by atoms with Crippen LogP contribution in [0.15, 0.2) is 23.6 Å². The van der Waals surface area contributed by atoms with Crippen LogP contribution in [-0.2, 0) is 17.6 Å². The lowest BCUT2D eigenvalue weighted by Gasteiger charge is -2.08. The zero-order chi connectivity index (χ0) is 15.8. The smallest absolute Gasteiger partial charge is 0.243 e. The Hall–Kier alpha value is -1.76. The zero-order valence-corrected chi connectivity index (χ0v) is 13.5. The topological polar surface area (TPSA) is 74.2 Å². The van der Waals surface area contributed by atoms with Gasteiger partial charge in [0.2, 0.25) is 5.91 Å². The van der Waals surface area contributed by atoms with Gasteiger partial charge in [-0.25, -0.2) is 4.98 Å². The first kappa shape index (κ1) is 14.8. The Morgan fingerprint density at radius 3 is 3.04 bits per heavy atom. The third kappa shape index (κ3) is 3.02. The van der Waals surface area contributed by atoms with E-state index in [4.69, 9.17) is 0 Å². The molecule has 0 bridgehead atoms. The molecule has 2 unspecified atom stereocenters. The van der Waals surface area contributed by atoms with E-state index in [0.29, 0.717) is 18.1 Å². The summed E-state index contributed by atoms with van der Waals surface area (Å²) in [5.74, 6) is -0.128. The third-order valence-electron chi connectivity index (χ3n) is 4.55. The largest absolute Gasteiger partial charge is 0.392 e. The second-order valence-electron chi connectivity index (χ2n) is 6.21. The molecule has 1 amide bonds. The summed E-state index contributed by atoms with van der Waals surface area (Å²) < 4.78 is 0. The van der Waals surface area contributed by atoms with Crippen molar-refractivity contribution >= 4 is 22.4 Å². The summed E-state index contributed by atoms with van der Waals surface area (Å²) in [4.78, 5) is 16.7. The average molecular weight is 329 g/mol. The summed E-state index contributed by atoms with van der Waals surface area (Å²) >= 11 is 1.43. The van der Waals surface area contributed by atoms with Crippen molar-refractivity contribution in [2.75, 3.05) is 11.9 Å². The average Bonchev–Trinajstić information content (AvgIpc) is 3.26. The molecule has 5 nitrogen and oxygen atoms in total. The molecule has 0 radical (unpaired) electrons. The first-order chi connectivity index (χ1) is 11.2. The molecule has 4 rings (SSSR count). The first-order valence-electron chi connectivity index (χ1n) is 7.99. The predicted octanol–water partition coefficient (Wildman–Crippen LogP) is 1.96. The molecule has 120 valence electrons. The van der Waals surface area contributed by atoms with Gasteiger partial charge in [-0.3, -0.25) is 4.79 Å². The van der Waals surface area contributed by atoms with E-state index in [9.17, 15) is 9.90 Å². The lowest BCUT2D eigenvalue weighted by Crippen LogP contribution is -2.35. The Bertz CT molecular complexity index is 743. The van der Waals surface area contributed by atoms with Crippen LogP contribution in [0.2, 0.25) is 0 Å². The van der Waals surface area contributed by atoms with Gasteiger partial charge >= 0.3 is 0 Å². The van der Waals surface area contributed by atoms with Gasteiger partial charge in [0.1, 0.15) is 0 Å². The van der Waals surface area contributed by atoms with Crippen LogP contribution in [-0.4, -0.2) is 34.7 Å². The monoisotopic (exact) mass is 329 g/mol. The van der Waals surface area contributed by atoms with Crippen molar-refractivity contribution in [3.8, 4) is 11.3 Å². The van der Waals surface area contributed by atoms with E-state index in [1.54, 1.807) is 0 Å². The molecule has 0 saturated carbocycles. The van der Waals surface area contributed by atoms with E-state index in [-0.39, 0.29) is 11.9 Å². The second-order valence-corrected chi connectivity index (χ2v) is 7.07. The molecule has 6 heteroatoms. The van der Waals surface area contributed by atoms with Crippen molar-refractivity contribution in [3.63, 3.8) is 0 Å². The molecular weight excluding hydrogens is 310 g/mol. The van der Waals surface area contributed by atoms with Crippen LogP contribution in [0.1, 0.15) is 24.0 Å². The highest BCUT2D eigenvalue weighted by molar-refractivity contribution is 7.14. The number of carbonyl (C=O) groups excluding carboxylic acids is 1. The van der Waals surface area contributed by atoms with E-state index >= 15 is 0 Å². The number of β-amino-alcohol motifs (C(OH)–C–C–N with tert-alkyl or cyclic N) is 1. The molecule has 1 aliphatic carbocycles. The number of fused-ring (bicyclic) bond motifs is 1. The van der Waals surface area contributed by atoms with Crippen LogP contribution in [0.4, 0.5) is 5.13 Å². The van der Waals surface area contributed by atoms with Crippen molar-refractivity contribution in [3.05, 3.63) is 34.7 Å². The van der Waals surface area contributed by atoms with Crippen LogP contribution >= 0.6 is 11.3 Å². The van der Waals surface area contributed by atoms with Gasteiger partial charge in [-0.05, 0) is 42.9 Å². The van der Waals surface area contributed by atoms with Crippen LogP contribution in [0.25, 0.3) is 11.3 Å². The number of aliphatic hydroxyl groups excluding tert-OH is 1. The van der Waals surface area contributed by atoms with Gasteiger partial charge in [-0.2, -0.15) is 0 Å². The number of aromatic nitrogens is 1. The van der Waals surface area contributed by atoms with E-state index in [1.807, 2.05) is 5.38 Å². The molecule has 2 heterocycles. The number of thiazole rings is 1. The van der Waals surface area contributed by atoms with E-state index in [1.165, 1.54) is 35.3 Å². The number of benzene rings is 1. The number of nitrogens with zero attached hydrogens (tertiary/aromatic N) is 1. The number of hydrogen-bond donors (Lipinski definition) is 3. The normalized spacial score (nSPS) is 23.0. The molecule has 23 heavy (non-hydrogen) atoms. The van der Waals surface area contributed by atoms with Gasteiger partial charge in [-0.15, -0.1) is 11.3 Å². The Balaban J connectivity index is 1.47. The van der Waals surface area contributed by atoms with Crippen molar-refractivity contribution in [1.82, 2.24) is 10.3 Å². The predicted molar refractivity (Wildman–Crippen MR) is 90.6 cm³/mol. The van der Waals surface area contributed by atoms with Crippen LogP contribution < -0.4 is 10.6 Å². The molecule has 2 aliphatic rings. The maximum Gasteiger partial charge on any atom is 0.243 e. The van der Waals surface area contributed by atoms with Crippen LogP contribution in [0.3, 0.4) is 0 Å². The number of amides is 1. The Morgan fingerprint density at radius 2 is 2.22 bits per heavy atom. The number of rotatable bonds is 3. The van der Waals surface area contributed by atoms with Gasteiger partial charge in [0.15, 0.2) is 5.13 Å². The lowest BCUT2D eigenvalue weighted by atomic mass is 10.1. The van der Waals surface area contributed by atoms with Crippen molar-refractivity contribution in [2.45, 2.75) is 37.8 Å². The van der Waals surface area contributed by atoms with E-state index in [2.05, 4.69) is 33.8 Å². The number of aliphatic hydroxyl groups is 1. The number of hydrogen-bond acceptors (Lipinski definition) is 5. The van der Waals surface area contributed by atoms with Gasteiger partial charge in [0.05, 0.1) is 17.8 Å². The number of aryl methyl sites for hydroxylation is 2. The first-order valence-corrected chi connectivity index (χ1v) is 8.87. The van der Waals surface area contributed by atoms with Crippen LogP contribution in [0, 0.1) is 0 Å². The fourth-order valence-corrected chi connectivity index (χ4v) is 4.03. The molecule has 1 saturated heterocycles. The molecule has 0 spiro atoms. The molecule has 1 aromatic carbocycles. The Morgan fingerprint density at radius 1 is 1.35 bits per heavy atom. The standard InChI is InChI=1S/C17H19N3O2S/c21-13-7-14(18-8-13)16(22)20-17-19-15(9-23-17)12-5-4-10-2-1-3-11(10)6-12/h4-6,9,13-14,18,21H,1-3,7-8H2,(H,19,20,22). The van der Waals surface area contributed by atoms with Crippen molar-refractivity contribution < 1.29 is 9.90 Å². The third-order valence-corrected chi connectivity index (χ3v) is 5.31. The number of anilines is 1. The molecule has 2 atom stereocenters. The minimum atomic E-state index is -0.441. The molecule has 1 aliphatic heterocycles. The highest BCUT2D eigenvalue weighted by Gasteiger charge is 2.28. The molecule has 1 aromatic heterocycles. The molecule has 2 aromatic rings. The summed E-state index contributed by atoms with van der Waals surface area (Å²) in [6.07, 6.45) is 3.57. The summed E-state index contributed by atoms with van der Waals surface area (Å²) in [5.41, 5.74) is 4.88. The SMILES string of the molecule is O=C(Nc1nc(-c2ccc3c(c2)CCC3)cs1)C1CC(O)CN1. The minimum Gasteiger partial charge on any atom is -0.392 e. The maximum atomic E-state index is 12.1. The summed E-state index contributed by atoms with van der Waals surface area (Å²) in [7, 11) is 0. The van der Waals surface area contributed by atoms with Crippen molar-refractivity contribution in [1.29, 1.82) is 0 Å². The maximum absolute atomic E-state index is 12.1. The highest BCUT2D eigenvalue weighted by atomic mass is 32.1. The van der Waals surface area contributed by atoms with Gasteiger partial charge < -0.3 is 15.7 Å². The van der Waals surface area contributed by atoms with E-state index < -0.39 is 6.10 Å².